The molecule has 0 aromatic heterocycles. The molecular weight excluding hydrogens is 188 g/mol. The first kappa shape index (κ1) is 10.9. The molecular formula is C8H14N2O4. The van der Waals surface area contributed by atoms with E-state index in [2.05, 4.69) is 0 Å². The maximum Gasteiger partial charge on any atom is 0.236 e. The van der Waals surface area contributed by atoms with Crippen LogP contribution in [0.3, 0.4) is 0 Å². The standard InChI is InChI=1S/C8H14N2O4/c1-7(2)5(9(11)12)8(3,4)6(7)10(13)14/h5-6H,1-4H3. The fourth-order valence-electron chi connectivity index (χ4n) is 3.21. The highest BCUT2D eigenvalue weighted by molar-refractivity contribution is 5.10. The van der Waals surface area contributed by atoms with Crippen molar-refractivity contribution >= 4 is 0 Å². The summed E-state index contributed by atoms with van der Waals surface area (Å²) in [6.45, 7) is 6.33. The quantitative estimate of drug-likeness (QED) is 0.499. The number of rotatable bonds is 2. The van der Waals surface area contributed by atoms with Crippen molar-refractivity contribution in [2.75, 3.05) is 0 Å². The summed E-state index contributed by atoms with van der Waals surface area (Å²) < 4.78 is 0. The van der Waals surface area contributed by atoms with Crippen molar-refractivity contribution in [2.24, 2.45) is 10.8 Å². The first-order chi connectivity index (χ1) is 6.13. The van der Waals surface area contributed by atoms with Crippen molar-refractivity contribution in [3.05, 3.63) is 20.2 Å². The Balaban J connectivity index is 3.07. The van der Waals surface area contributed by atoms with Gasteiger partial charge in [-0.15, -0.1) is 0 Å². The predicted molar refractivity (Wildman–Crippen MR) is 49.1 cm³/mol. The van der Waals surface area contributed by atoms with Crippen LogP contribution in [0.5, 0.6) is 0 Å². The van der Waals surface area contributed by atoms with Gasteiger partial charge in [-0.2, -0.15) is 0 Å². The van der Waals surface area contributed by atoms with Crippen LogP contribution in [0.2, 0.25) is 0 Å². The molecule has 0 atom stereocenters. The fraction of sp³-hybridized carbons (Fsp3) is 1.00. The highest BCUT2D eigenvalue weighted by Gasteiger charge is 2.76. The molecule has 0 radical (unpaired) electrons. The predicted octanol–water partition coefficient (Wildman–Crippen LogP) is 1.34. The number of nitro groups is 2. The van der Waals surface area contributed by atoms with Crippen LogP contribution in [-0.2, 0) is 0 Å². The second-order valence-corrected chi connectivity index (χ2v) is 5.02. The summed E-state index contributed by atoms with van der Waals surface area (Å²) >= 11 is 0. The molecule has 1 aliphatic carbocycles. The van der Waals surface area contributed by atoms with E-state index in [1.54, 1.807) is 27.7 Å². The van der Waals surface area contributed by atoms with Crippen molar-refractivity contribution in [3.63, 3.8) is 0 Å². The lowest BCUT2D eigenvalue weighted by Crippen LogP contribution is -2.72. The van der Waals surface area contributed by atoms with Crippen molar-refractivity contribution < 1.29 is 9.85 Å². The Morgan fingerprint density at radius 2 is 1.07 bits per heavy atom. The lowest BCUT2D eigenvalue weighted by molar-refractivity contribution is -0.670. The normalized spacial score (nSPS) is 33.1. The molecule has 1 saturated carbocycles. The second kappa shape index (κ2) is 2.65. The Labute approximate surface area is 81.6 Å². The van der Waals surface area contributed by atoms with Gasteiger partial charge in [-0.1, -0.05) is 0 Å². The molecule has 1 fully saturated rings. The van der Waals surface area contributed by atoms with E-state index >= 15 is 0 Å². The van der Waals surface area contributed by atoms with E-state index in [4.69, 9.17) is 0 Å². The molecule has 6 heteroatoms. The molecule has 0 heterocycles. The van der Waals surface area contributed by atoms with Gasteiger partial charge in [0.25, 0.3) is 0 Å². The smallest absolute Gasteiger partial charge is 0.236 e. The van der Waals surface area contributed by atoms with Crippen LogP contribution in [0.25, 0.3) is 0 Å². The van der Waals surface area contributed by atoms with E-state index in [-0.39, 0.29) is 0 Å². The zero-order valence-electron chi connectivity index (χ0n) is 8.68. The van der Waals surface area contributed by atoms with Crippen molar-refractivity contribution in [1.82, 2.24) is 0 Å². The zero-order valence-corrected chi connectivity index (χ0v) is 8.68. The van der Waals surface area contributed by atoms with Crippen molar-refractivity contribution in [1.29, 1.82) is 0 Å². The van der Waals surface area contributed by atoms with E-state index in [1.807, 2.05) is 0 Å². The molecule has 1 aliphatic rings. The molecule has 0 saturated heterocycles. The highest BCUT2D eigenvalue weighted by Crippen LogP contribution is 2.56. The van der Waals surface area contributed by atoms with Gasteiger partial charge in [0.1, 0.15) is 10.8 Å². The van der Waals surface area contributed by atoms with Crippen LogP contribution < -0.4 is 0 Å². The molecule has 0 bridgehead atoms. The number of nitrogens with zero attached hydrogens (tertiary/aromatic N) is 2. The van der Waals surface area contributed by atoms with Gasteiger partial charge in [-0.05, 0) is 27.7 Å². The number of hydrogen-bond acceptors (Lipinski definition) is 4. The van der Waals surface area contributed by atoms with E-state index in [0.717, 1.165) is 0 Å². The highest BCUT2D eigenvalue weighted by atomic mass is 16.6. The van der Waals surface area contributed by atoms with E-state index < -0.39 is 32.8 Å². The van der Waals surface area contributed by atoms with Crippen LogP contribution in [0, 0.1) is 31.1 Å². The average molecular weight is 202 g/mol. The first-order valence-corrected chi connectivity index (χ1v) is 4.40. The Morgan fingerprint density at radius 3 is 1.21 bits per heavy atom. The Bertz CT molecular complexity index is 256. The lowest BCUT2D eigenvalue weighted by atomic mass is 9.48. The summed E-state index contributed by atoms with van der Waals surface area (Å²) in [5.74, 6) is 0. The average Bonchev–Trinajstić information content (AvgIpc) is 1.77. The van der Waals surface area contributed by atoms with Crippen LogP contribution >= 0.6 is 0 Å². The third-order valence-electron chi connectivity index (χ3n) is 3.24. The monoisotopic (exact) mass is 202 g/mol. The lowest BCUT2D eigenvalue weighted by Gasteiger charge is -2.51. The van der Waals surface area contributed by atoms with Gasteiger partial charge in [0, 0.05) is 9.85 Å². The van der Waals surface area contributed by atoms with Crippen molar-refractivity contribution in [2.45, 2.75) is 39.8 Å². The molecule has 0 aliphatic heterocycles. The Kier molecular flexibility index (Phi) is 2.06. The third kappa shape index (κ3) is 1.09. The maximum absolute atomic E-state index is 10.8. The molecule has 14 heavy (non-hydrogen) atoms. The molecule has 0 aromatic rings. The SMILES string of the molecule is CC1(C)C([N+](=O)[O-])C(C)(C)C1[N+](=O)[O-]. The summed E-state index contributed by atoms with van der Waals surface area (Å²) in [5.41, 5.74) is -1.73. The molecule has 0 N–H and O–H groups in total. The summed E-state index contributed by atoms with van der Waals surface area (Å²) in [6.07, 6.45) is 0. The zero-order chi connectivity index (χ0) is 11.3. The Hall–Kier alpha value is -1.20. The van der Waals surface area contributed by atoms with E-state index in [0.29, 0.717) is 0 Å². The van der Waals surface area contributed by atoms with Gasteiger partial charge in [0.05, 0.1) is 0 Å². The van der Waals surface area contributed by atoms with Gasteiger partial charge < -0.3 is 0 Å². The molecule has 0 spiro atoms. The molecule has 0 unspecified atom stereocenters. The van der Waals surface area contributed by atoms with Gasteiger partial charge >= 0.3 is 0 Å². The van der Waals surface area contributed by atoms with Crippen molar-refractivity contribution in [3.8, 4) is 0 Å². The minimum atomic E-state index is -0.865. The molecule has 0 amide bonds. The summed E-state index contributed by atoms with van der Waals surface area (Å²) in [7, 11) is 0. The minimum Gasteiger partial charge on any atom is -0.264 e. The van der Waals surface area contributed by atoms with Gasteiger partial charge in [-0.25, -0.2) is 0 Å². The van der Waals surface area contributed by atoms with Gasteiger partial charge in [0.2, 0.25) is 12.1 Å². The van der Waals surface area contributed by atoms with Gasteiger partial charge in [-0.3, -0.25) is 20.2 Å². The van der Waals surface area contributed by atoms with E-state index in [9.17, 15) is 20.2 Å². The minimum absolute atomic E-state index is 0.403. The number of hydrogen-bond donors (Lipinski definition) is 0. The molecule has 80 valence electrons. The van der Waals surface area contributed by atoms with Crippen LogP contribution in [-0.4, -0.2) is 21.9 Å². The molecule has 1 rings (SSSR count). The summed E-state index contributed by atoms with van der Waals surface area (Å²) in [6, 6.07) is -1.68. The molecule has 6 nitrogen and oxygen atoms in total. The summed E-state index contributed by atoms with van der Waals surface area (Å²) in [4.78, 5) is 20.7. The topological polar surface area (TPSA) is 86.3 Å². The van der Waals surface area contributed by atoms with Crippen LogP contribution in [0.1, 0.15) is 27.7 Å². The van der Waals surface area contributed by atoms with Gasteiger partial charge in [0.15, 0.2) is 0 Å². The van der Waals surface area contributed by atoms with E-state index in [1.165, 1.54) is 0 Å². The molecule has 0 aromatic carbocycles. The second-order valence-electron chi connectivity index (χ2n) is 5.02. The largest absolute Gasteiger partial charge is 0.264 e. The summed E-state index contributed by atoms with van der Waals surface area (Å²) in [5, 5.41) is 21.5. The third-order valence-corrected chi connectivity index (χ3v) is 3.24. The maximum atomic E-state index is 10.8. The first-order valence-electron chi connectivity index (χ1n) is 4.40. The Morgan fingerprint density at radius 1 is 0.857 bits per heavy atom. The van der Waals surface area contributed by atoms with Crippen LogP contribution in [0.15, 0.2) is 0 Å². The fourth-order valence-corrected chi connectivity index (χ4v) is 3.21. The van der Waals surface area contributed by atoms with Crippen LogP contribution in [0.4, 0.5) is 0 Å².